The Balaban J connectivity index is 1.95. The van der Waals surface area contributed by atoms with Crippen LogP contribution in [0.15, 0.2) is 18.2 Å². The Morgan fingerprint density at radius 3 is 2.41 bits per heavy atom. The quantitative estimate of drug-likeness (QED) is 0.521. The van der Waals surface area contributed by atoms with Crippen LogP contribution in [0.4, 0.5) is 5.69 Å². The van der Waals surface area contributed by atoms with Gasteiger partial charge in [0.15, 0.2) is 0 Å². The Bertz CT molecular complexity index is 1010. The number of aliphatic carboxylic acids is 1. The minimum Gasteiger partial charge on any atom is -0.480 e. The first kappa shape index (κ1) is 24.2. The standard InChI is InChI=1S/C22H32N4O5S/c1-14(2)21(22(28)29)23-20(27)13-17-15-5-7-18(24-32(4,30)31)16(15)6-8-19(17)26-11-9-25(3)10-12-26/h5-8,14,18,21,24H,9-13H2,1-4H3,(H,23,27)(H,28,29)/t18?,21-/m1/s1. The second-order valence-electron chi connectivity index (χ2n) is 8.89. The van der Waals surface area contributed by atoms with E-state index in [4.69, 9.17) is 0 Å². The highest BCUT2D eigenvalue weighted by atomic mass is 32.2. The number of amides is 1. The Morgan fingerprint density at radius 2 is 1.84 bits per heavy atom. The summed E-state index contributed by atoms with van der Waals surface area (Å²) in [7, 11) is -1.35. The minimum atomic E-state index is -3.42. The van der Waals surface area contributed by atoms with Gasteiger partial charge in [-0.15, -0.1) is 0 Å². The number of nitrogens with zero attached hydrogens (tertiary/aromatic N) is 2. The van der Waals surface area contributed by atoms with E-state index in [2.05, 4.69) is 26.9 Å². The third kappa shape index (κ3) is 5.67. The number of hydrogen-bond donors (Lipinski definition) is 3. The normalized spacial score (nSPS) is 19.8. The number of carbonyl (C=O) groups is 2. The van der Waals surface area contributed by atoms with Crippen LogP contribution in [0.2, 0.25) is 0 Å². The highest BCUT2D eigenvalue weighted by Crippen LogP contribution is 2.37. The molecule has 1 fully saturated rings. The predicted molar refractivity (Wildman–Crippen MR) is 124 cm³/mol. The molecule has 3 rings (SSSR count). The summed E-state index contributed by atoms with van der Waals surface area (Å²) < 4.78 is 26.2. The van der Waals surface area contributed by atoms with Crippen molar-refractivity contribution in [1.29, 1.82) is 0 Å². The Morgan fingerprint density at radius 1 is 1.19 bits per heavy atom. The summed E-state index contributed by atoms with van der Waals surface area (Å²) in [6.45, 7) is 6.90. The number of fused-ring (bicyclic) bond motifs is 1. The van der Waals surface area contributed by atoms with Crippen molar-refractivity contribution in [3.63, 3.8) is 0 Å². The van der Waals surface area contributed by atoms with Crippen LogP contribution < -0.4 is 14.9 Å². The monoisotopic (exact) mass is 464 g/mol. The van der Waals surface area contributed by atoms with E-state index in [1.165, 1.54) is 0 Å². The molecule has 1 aromatic carbocycles. The lowest BCUT2D eigenvalue weighted by atomic mass is 9.95. The molecule has 9 nitrogen and oxygen atoms in total. The van der Waals surface area contributed by atoms with E-state index in [9.17, 15) is 23.1 Å². The van der Waals surface area contributed by atoms with Crippen LogP contribution in [0.25, 0.3) is 6.08 Å². The van der Waals surface area contributed by atoms with Gasteiger partial charge in [-0.2, -0.15) is 0 Å². The molecule has 1 saturated heterocycles. The fourth-order valence-corrected chi connectivity index (χ4v) is 4.86. The third-order valence-electron chi connectivity index (χ3n) is 5.93. The summed E-state index contributed by atoms with van der Waals surface area (Å²) in [5, 5.41) is 12.1. The molecule has 1 amide bonds. The highest BCUT2D eigenvalue weighted by molar-refractivity contribution is 7.88. The molecule has 0 aromatic heterocycles. The largest absolute Gasteiger partial charge is 0.480 e. The Kier molecular flexibility index (Phi) is 7.26. The summed E-state index contributed by atoms with van der Waals surface area (Å²) >= 11 is 0. The zero-order valence-electron chi connectivity index (χ0n) is 19.0. The molecule has 1 aliphatic carbocycles. The first-order valence-electron chi connectivity index (χ1n) is 10.7. The molecular formula is C22H32N4O5S. The van der Waals surface area contributed by atoms with Crippen LogP contribution in [-0.2, 0) is 26.0 Å². The number of rotatable bonds is 8. The van der Waals surface area contributed by atoms with Gasteiger partial charge in [-0.25, -0.2) is 17.9 Å². The van der Waals surface area contributed by atoms with E-state index in [1.807, 2.05) is 18.2 Å². The Hall–Kier alpha value is -2.43. The molecule has 1 heterocycles. The van der Waals surface area contributed by atoms with Crippen molar-refractivity contribution in [1.82, 2.24) is 14.9 Å². The van der Waals surface area contributed by atoms with Crippen molar-refractivity contribution in [2.24, 2.45) is 5.92 Å². The van der Waals surface area contributed by atoms with Gasteiger partial charge in [-0.05, 0) is 35.7 Å². The van der Waals surface area contributed by atoms with E-state index in [-0.39, 0.29) is 18.2 Å². The second-order valence-corrected chi connectivity index (χ2v) is 10.7. The fourth-order valence-electron chi connectivity index (χ4n) is 4.20. The van der Waals surface area contributed by atoms with Crippen LogP contribution in [-0.4, -0.2) is 75.8 Å². The number of piperazine rings is 1. The summed E-state index contributed by atoms with van der Waals surface area (Å²) in [6.07, 6.45) is 4.74. The van der Waals surface area contributed by atoms with E-state index in [1.54, 1.807) is 19.9 Å². The van der Waals surface area contributed by atoms with Crippen molar-refractivity contribution in [2.75, 3.05) is 44.4 Å². The predicted octanol–water partition coefficient (Wildman–Crippen LogP) is 0.823. The number of carboxylic acids is 1. The van der Waals surface area contributed by atoms with Gasteiger partial charge in [-0.3, -0.25) is 4.79 Å². The second kappa shape index (κ2) is 9.60. The Labute approximate surface area is 189 Å². The van der Waals surface area contributed by atoms with E-state index < -0.39 is 28.1 Å². The van der Waals surface area contributed by atoms with Crippen molar-refractivity contribution in [3.05, 3.63) is 34.9 Å². The molecule has 2 atom stereocenters. The molecule has 0 saturated carbocycles. The summed E-state index contributed by atoms with van der Waals surface area (Å²) in [5.74, 6) is -1.69. The number of likely N-dealkylation sites (N-methyl/N-ethyl adjacent to an activating group) is 1. The minimum absolute atomic E-state index is 0.0112. The molecule has 1 unspecified atom stereocenters. The van der Waals surface area contributed by atoms with Gasteiger partial charge in [0, 0.05) is 31.9 Å². The molecular weight excluding hydrogens is 432 g/mol. The van der Waals surface area contributed by atoms with Gasteiger partial charge in [0.2, 0.25) is 15.9 Å². The van der Waals surface area contributed by atoms with Crippen molar-refractivity contribution < 1.29 is 23.1 Å². The summed E-state index contributed by atoms with van der Waals surface area (Å²) in [4.78, 5) is 28.9. The van der Waals surface area contributed by atoms with Gasteiger partial charge in [0.25, 0.3) is 0 Å². The molecule has 0 radical (unpaired) electrons. The lowest BCUT2D eigenvalue weighted by Crippen LogP contribution is -2.46. The number of sulfonamides is 1. The van der Waals surface area contributed by atoms with Crippen molar-refractivity contribution >= 4 is 33.7 Å². The van der Waals surface area contributed by atoms with Gasteiger partial charge in [0.05, 0.1) is 18.7 Å². The van der Waals surface area contributed by atoms with Crippen molar-refractivity contribution in [2.45, 2.75) is 32.4 Å². The molecule has 3 N–H and O–H groups in total. The SMILES string of the molecule is CC(C)[C@@H](NC(=O)Cc1c(N2CCN(C)CC2)ccc2c1C=CC2NS(C)(=O)=O)C(=O)O. The van der Waals surface area contributed by atoms with E-state index >= 15 is 0 Å². The number of anilines is 1. The molecule has 0 bridgehead atoms. The maximum Gasteiger partial charge on any atom is 0.326 e. The number of carboxylic acid groups (broad SMARTS) is 1. The number of hydrogen-bond acceptors (Lipinski definition) is 6. The number of nitrogens with one attached hydrogen (secondary N) is 2. The van der Waals surface area contributed by atoms with Crippen molar-refractivity contribution in [3.8, 4) is 0 Å². The fraction of sp³-hybridized carbons (Fsp3) is 0.545. The molecule has 1 aromatic rings. The third-order valence-corrected chi connectivity index (χ3v) is 6.61. The average molecular weight is 465 g/mol. The first-order valence-corrected chi connectivity index (χ1v) is 12.6. The number of carbonyl (C=O) groups excluding carboxylic acids is 1. The number of benzene rings is 1. The molecule has 1 aliphatic heterocycles. The molecule has 10 heteroatoms. The zero-order chi connectivity index (χ0) is 23.6. The van der Waals surface area contributed by atoms with Gasteiger partial charge in [0.1, 0.15) is 6.04 Å². The average Bonchev–Trinajstić information content (AvgIpc) is 3.08. The van der Waals surface area contributed by atoms with Gasteiger partial charge in [-0.1, -0.05) is 32.1 Å². The first-order chi connectivity index (χ1) is 15.0. The van der Waals surface area contributed by atoms with Crippen LogP contribution in [0.1, 0.15) is 36.6 Å². The van der Waals surface area contributed by atoms with E-state index in [0.717, 1.165) is 54.8 Å². The maximum absolute atomic E-state index is 12.9. The summed E-state index contributed by atoms with van der Waals surface area (Å²) in [5.41, 5.74) is 3.31. The molecule has 2 aliphatic rings. The summed E-state index contributed by atoms with van der Waals surface area (Å²) in [6, 6.07) is 2.38. The lowest BCUT2D eigenvalue weighted by molar-refractivity contribution is -0.143. The maximum atomic E-state index is 12.9. The molecule has 176 valence electrons. The molecule has 0 spiro atoms. The molecule has 32 heavy (non-hydrogen) atoms. The zero-order valence-corrected chi connectivity index (χ0v) is 19.8. The lowest BCUT2D eigenvalue weighted by Gasteiger charge is -2.36. The van der Waals surface area contributed by atoms with Crippen LogP contribution in [0.5, 0.6) is 0 Å². The smallest absolute Gasteiger partial charge is 0.326 e. The topological polar surface area (TPSA) is 119 Å². The van der Waals surface area contributed by atoms with E-state index in [0.29, 0.717) is 0 Å². The van der Waals surface area contributed by atoms with Gasteiger partial charge < -0.3 is 20.2 Å². The van der Waals surface area contributed by atoms with Crippen LogP contribution in [0, 0.1) is 5.92 Å². The highest BCUT2D eigenvalue weighted by Gasteiger charge is 2.29. The van der Waals surface area contributed by atoms with Gasteiger partial charge >= 0.3 is 5.97 Å². The van der Waals surface area contributed by atoms with Crippen LogP contribution >= 0.6 is 0 Å². The van der Waals surface area contributed by atoms with Crippen LogP contribution in [0.3, 0.4) is 0 Å².